The molecule has 2 aromatic rings. The Hall–Kier alpha value is -2.35. The summed E-state index contributed by atoms with van der Waals surface area (Å²) in [4.78, 5) is 12.0. The van der Waals surface area contributed by atoms with Crippen molar-refractivity contribution >= 4 is 17.7 Å². The van der Waals surface area contributed by atoms with Crippen molar-refractivity contribution in [3.8, 4) is 0 Å². The Morgan fingerprint density at radius 1 is 1.10 bits per heavy atom. The Morgan fingerprint density at radius 3 is 2.48 bits per heavy atom. The van der Waals surface area contributed by atoms with Gasteiger partial charge in [0.1, 0.15) is 0 Å². The molecule has 0 fully saturated rings. The minimum Gasteiger partial charge on any atom is -0.322 e. The molecule has 1 N–H and O–H groups in total. The van der Waals surface area contributed by atoms with E-state index in [0.29, 0.717) is 0 Å². The van der Waals surface area contributed by atoms with E-state index in [0.717, 1.165) is 23.2 Å². The lowest BCUT2D eigenvalue weighted by atomic mass is 10.1. The predicted molar refractivity (Wildman–Crippen MR) is 89.4 cm³/mol. The lowest BCUT2D eigenvalue weighted by molar-refractivity contribution is -0.111. The second-order valence-corrected chi connectivity index (χ2v) is 5.17. The van der Waals surface area contributed by atoms with Crippen LogP contribution in [0.2, 0.25) is 0 Å². The zero-order valence-electron chi connectivity index (χ0n) is 12.8. The van der Waals surface area contributed by atoms with Crippen molar-refractivity contribution in [1.29, 1.82) is 0 Å². The fourth-order valence-electron chi connectivity index (χ4n) is 2.10. The van der Waals surface area contributed by atoms with Crippen LogP contribution in [0.3, 0.4) is 0 Å². The molecule has 2 heteroatoms. The van der Waals surface area contributed by atoms with Gasteiger partial charge in [-0.2, -0.15) is 0 Å². The number of hydrogen-bond donors (Lipinski definition) is 1. The van der Waals surface area contributed by atoms with E-state index in [1.165, 1.54) is 11.1 Å². The molecule has 0 heterocycles. The highest BCUT2D eigenvalue weighted by molar-refractivity contribution is 6.02. The number of hydrogen-bond acceptors (Lipinski definition) is 1. The van der Waals surface area contributed by atoms with E-state index in [1.807, 2.05) is 50.3 Å². The largest absolute Gasteiger partial charge is 0.322 e. The van der Waals surface area contributed by atoms with Crippen LogP contribution in [0.5, 0.6) is 0 Å². The fraction of sp³-hybridized carbons (Fsp3) is 0.211. The Balaban J connectivity index is 2.03. The van der Waals surface area contributed by atoms with Gasteiger partial charge in [-0.25, -0.2) is 0 Å². The normalized spacial score (nSPS) is 10.8. The van der Waals surface area contributed by atoms with Crippen LogP contribution in [0, 0.1) is 13.8 Å². The summed E-state index contributed by atoms with van der Waals surface area (Å²) in [6, 6.07) is 14.1. The molecule has 2 rings (SSSR count). The van der Waals surface area contributed by atoms with Crippen LogP contribution in [0.25, 0.3) is 6.08 Å². The van der Waals surface area contributed by atoms with Gasteiger partial charge in [-0.1, -0.05) is 43.3 Å². The van der Waals surface area contributed by atoms with Gasteiger partial charge in [-0.05, 0) is 54.7 Å². The van der Waals surface area contributed by atoms with E-state index in [1.54, 1.807) is 6.08 Å². The summed E-state index contributed by atoms with van der Waals surface area (Å²) in [5.41, 5.74) is 5.47. The average molecular weight is 279 g/mol. The van der Waals surface area contributed by atoms with Gasteiger partial charge in [-0.3, -0.25) is 4.79 Å². The first-order valence-electron chi connectivity index (χ1n) is 7.24. The van der Waals surface area contributed by atoms with E-state index < -0.39 is 0 Å². The lowest BCUT2D eigenvalue weighted by Crippen LogP contribution is -2.09. The summed E-state index contributed by atoms with van der Waals surface area (Å²) >= 11 is 0. The standard InChI is InChI=1S/C19H21NO/c1-4-16-8-10-17(11-9-16)12-13-19(21)20-18-7-5-6-14(2)15(18)3/h5-13H,4H2,1-3H3,(H,20,21)/b13-12+. The molecule has 0 radical (unpaired) electrons. The van der Waals surface area contributed by atoms with Crippen LogP contribution in [0.4, 0.5) is 5.69 Å². The molecule has 0 aliphatic heterocycles. The van der Waals surface area contributed by atoms with Crippen LogP contribution in [-0.2, 0) is 11.2 Å². The molecule has 0 aliphatic carbocycles. The van der Waals surface area contributed by atoms with Gasteiger partial charge < -0.3 is 5.32 Å². The summed E-state index contributed by atoms with van der Waals surface area (Å²) in [7, 11) is 0. The SMILES string of the molecule is CCc1ccc(/C=C/C(=O)Nc2cccc(C)c2C)cc1. The number of carbonyl (C=O) groups excluding carboxylic acids is 1. The monoisotopic (exact) mass is 279 g/mol. The summed E-state index contributed by atoms with van der Waals surface area (Å²) in [5.74, 6) is -0.108. The molecule has 2 aromatic carbocycles. The molecule has 0 aromatic heterocycles. The average Bonchev–Trinajstić information content (AvgIpc) is 2.50. The zero-order valence-corrected chi connectivity index (χ0v) is 12.8. The molecule has 0 saturated heterocycles. The number of amides is 1. The number of rotatable bonds is 4. The topological polar surface area (TPSA) is 29.1 Å². The van der Waals surface area contributed by atoms with Gasteiger partial charge in [0.15, 0.2) is 0 Å². The molecular weight excluding hydrogens is 258 g/mol. The van der Waals surface area contributed by atoms with E-state index in [2.05, 4.69) is 24.4 Å². The Morgan fingerprint density at radius 2 is 1.81 bits per heavy atom. The van der Waals surface area contributed by atoms with E-state index in [4.69, 9.17) is 0 Å². The van der Waals surface area contributed by atoms with Crippen molar-refractivity contribution in [2.75, 3.05) is 5.32 Å². The van der Waals surface area contributed by atoms with Crippen molar-refractivity contribution in [2.45, 2.75) is 27.2 Å². The van der Waals surface area contributed by atoms with Gasteiger partial charge in [-0.15, -0.1) is 0 Å². The quantitative estimate of drug-likeness (QED) is 0.819. The molecule has 1 amide bonds. The van der Waals surface area contributed by atoms with Crippen LogP contribution in [-0.4, -0.2) is 5.91 Å². The van der Waals surface area contributed by atoms with Crippen LogP contribution < -0.4 is 5.32 Å². The van der Waals surface area contributed by atoms with Gasteiger partial charge in [0.2, 0.25) is 5.91 Å². The zero-order chi connectivity index (χ0) is 15.2. The highest BCUT2D eigenvalue weighted by atomic mass is 16.1. The lowest BCUT2D eigenvalue weighted by Gasteiger charge is -2.08. The molecular formula is C19H21NO. The Labute approximate surface area is 126 Å². The minimum absolute atomic E-state index is 0.108. The smallest absolute Gasteiger partial charge is 0.248 e. The van der Waals surface area contributed by atoms with E-state index in [-0.39, 0.29) is 5.91 Å². The van der Waals surface area contributed by atoms with Crippen molar-refractivity contribution in [3.05, 3.63) is 70.8 Å². The first-order chi connectivity index (χ1) is 10.1. The molecule has 0 unspecified atom stereocenters. The van der Waals surface area contributed by atoms with Crippen molar-refractivity contribution < 1.29 is 4.79 Å². The highest BCUT2D eigenvalue weighted by Gasteiger charge is 2.02. The summed E-state index contributed by atoms with van der Waals surface area (Å²) in [5, 5.41) is 2.92. The van der Waals surface area contributed by atoms with E-state index in [9.17, 15) is 4.79 Å². The molecule has 0 aliphatic rings. The molecule has 0 saturated carbocycles. The van der Waals surface area contributed by atoms with Crippen molar-refractivity contribution in [1.82, 2.24) is 0 Å². The number of benzene rings is 2. The number of nitrogens with one attached hydrogen (secondary N) is 1. The Kier molecular flexibility index (Phi) is 4.94. The first kappa shape index (κ1) is 15.0. The van der Waals surface area contributed by atoms with Crippen LogP contribution in [0.15, 0.2) is 48.5 Å². The first-order valence-corrected chi connectivity index (χ1v) is 7.24. The summed E-state index contributed by atoms with van der Waals surface area (Å²) in [6.45, 7) is 6.18. The van der Waals surface area contributed by atoms with Gasteiger partial charge >= 0.3 is 0 Å². The third kappa shape index (κ3) is 4.06. The third-order valence-corrected chi connectivity index (χ3v) is 3.68. The van der Waals surface area contributed by atoms with E-state index >= 15 is 0 Å². The summed E-state index contributed by atoms with van der Waals surface area (Å²) in [6.07, 6.45) is 4.43. The number of carbonyl (C=O) groups is 1. The number of aryl methyl sites for hydroxylation is 2. The fourth-order valence-corrected chi connectivity index (χ4v) is 2.10. The van der Waals surface area contributed by atoms with Gasteiger partial charge in [0, 0.05) is 11.8 Å². The maximum Gasteiger partial charge on any atom is 0.248 e. The second kappa shape index (κ2) is 6.89. The molecule has 21 heavy (non-hydrogen) atoms. The third-order valence-electron chi connectivity index (χ3n) is 3.68. The molecule has 0 atom stereocenters. The van der Waals surface area contributed by atoms with Crippen molar-refractivity contribution in [2.24, 2.45) is 0 Å². The van der Waals surface area contributed by atoms with Gasteiger partial charge in [0.05, 0.1) is 0 Å². The second-order valence-electron chi connectivity index (χ2n) is 5.17. The molecule has 0 spiro atoms. The minimum atomic E-state index is -0.108. The Bertz CT molecular complexity index is 654. The maximum atomic E-state index is 12.0. The number of anilines is 1. The molecule has 2 nitrogen and oxygen atoms in total. The van der Waals surface area contributed by atoms with Crippen molar-refractivity contribution in [3.63, 3.8) is 0 Å². The van der Waals surface area contributed by atoms with Crippen LogP contribution in [0.1, 0.15) is 29.2 Å². The highest BCUT2D eigenvalue weighted by Crippen LogP contribution is 2.18. The maximum absolute atomic E-state index is 12.0. The molecule has 108 valence electrons. The summed E-state index contributed by atoms with van der Waals surface area (Å²) < 4.78 is 0. The van der Waals surface area contributed by atoms with Gasteiger partial charge in [0.25, 0.3) is 0 Å². The molecule has 0 bridgehead atoms. The predicted octanol–water partition coefficient (Wildman–Crippen LogP) is 4.52. The van der Waals surface area contributed by atoms with Crippen LogP contribution >= 0.6 is 0 Å².